The molecular weight excluding hydrogens is 476 g/mol. The van der Waals surface area contributed by atoms with Crippen LogP contribution in [0, 0.1) is 0 Å². The van der Waals surface area contributed by atoms with Crippen LogP contribution in [-0.4, -0.2) is 73.1 Å². The van der Waals surface area contributed by atoms with Gasteiger partial charge in [-0.2, -0.15) is 0 Å². The van der Waals surface area contributed by atoms with Gasteiger partial charge in [0.25, 0.3) is 0 Å². The van der Waals surface area contributed by atoms with Gasteiger partial charge in [-0.15, -0.1) is 0 Å². The van der Waals surface area contributed by atoms with Crippen LogP contribution in [0.5, 0.6) is 34.5 Å². The van der Waals surface area contributed by atoms with Gasteiger partial charge in [0.1, 0.15) is 12.2 Å². The number of carboxylic acid groups (broad SMARTS) is 1. The van der Waals surface area contributed by atoms with Gasteiger partial charge in [0.15, 0.2) is 23.0 Å². The molecule has 2 aromatic carbocycles. The van der Waals surface area contributed by atoms with Crippen LogP contribution in [-0.2, 0) is 27.5 Å². The summed E-state index contributed by atoms with van der Waals surface area (Å²) >= 11 is 0. The summed E-state index contributed by atoms with van der Waals surface area (Å²) in [7, 11) is 5.59. The highest BCUT2D eigenvalue weighted by Gasteiger charge is 2.35. The third-order valence-electron chi connectivity index (χ3n) is 5.76. The van der Waals surface area contributed by atoms with Crippen LogP contribution in [0.2, 0.25) is 0 Å². The molecule has 0 heterocycles. The molecule has 0 aliphatic heterocycles. The zero-order valence-corrected chi connectivity index (χ0v) is 20.4. The van der Waals surface area contributed by atoms with Crippen molar-refractivity contribution < 1.29 is 53.6 Å². The lowest BCUT2D eigenvalue weighted by Crippen LogP contribution is -2.43. The molecule has 0 aromatic heterocycles. The fourth-order valence-electron chi connectivity index (χ4n) is 3.83. The van der Waals surface area contributed by atoms with E-state index in [-0.39, 0.29) is 59.7 Å². The molecule has 0 unspecified atom stereocenters. The lowest BCUT2D eigenvalue weighted by atomic mass is 9.92. The molecule has 0 amide bonds. The molecule has 2 aromatic rings. The van der Waals surface area contributed by atoms with E-state index in [0.29, 0.717) is 11.1 Å². The van der Waals surface area contributed by atoms with E-state index >= 15 is 0 Å². The number of phenols is 2. The SMILES string of the molecule is COc1cc(CO[C@@H]2C=C(C(=O)O)C[C@@H](OCc3cc(OC)c(O)c(OC)c3)[C@@H]2O)cc(OC)c1O. The average molecular weight is 507 g/mol. The fourth-order valence-corrected chi connectivity index (χ4v) is 3.83. The Morgan fingerprint density at radius 2 is 1.22 bits per heavy atom. The van der Waals surface area contributed by atoms with Gasteiger partial charge in [0, 0.05) is 12.0 Å². The molecule has 4 N–H and O–H groups in total. The highest BCUT2D eigenvalue weighted by atomic mass is 16.5. The molecule has 36 heavy (non-hydrogen) atoms. The lowest BCUT2D eigenvalue weighted by Gasteiger charge is -2.33. The van der Waals surface area contributed by atoms with Crippen molar-refractivity contribution >= 4 is 5.97 Å². The number of hydrogen-bond donors (Lipinski definition) is 4. The molecule has 0 saturated heterocycles. The molecule has 0 radical (unpaired) electrons. The van der Waals surface area contributed by atoms with Crippen LogP contribution < -0.4 is 18.9 Å². The van der Waals surface area contributed by atoms with Gasteiger partial charge in [0.2, 0.25) is 11.5 Å². The van der Waals surface area contributed by atoms with Crippen LogP contribution in [0.3, 0.4) is 0 Å². The van der Waals surface area contributed by atoms with E-state index < -0.39 is 24.3 Å². The van der Waals surface area contributed by atoms with Crippen molar-refractivity contribution in [3.05, 3.63) is 47.0 Å². The number of aliphatic hydroxyl groups is 1. The van der Waals surface area contributed by atoms with E-state index in [1.54, 1.807) is 24.3 Å². The second kappa shape index (κ2) is 11.8. The minimum Gasteiger partial charge on any atom is -0.502 e. The fraction of sp³-hybridized carbons (Fsp3) is 0.400. The second-order valence-electron chi connectivity index (χ2n) is 8.01. The number of carbonyl (C=O) groups is 1. The maximum absolute atomic E-state index is 11.7. The number of aliphatic carboxylic acids is 1. The largest absolute Gasteiger partial charge is 0.502 e. The monoisotopic (exact) mass is 506 g/mol. The Hall–Kier alpha value is -3.67. The minimum atomic E-state index is -1.17. The smallest absolute Gasteiger partial charge is 0.331 e. The molecule has 3 rings (SSSR count). The van der Waals surface area contributed by atoms with Gasteiger partial charge in [-0.1, -0.05) is 0 Å². The van der Waals surface area contributed by atoms with Crippen molar-refractivity contribution in [3.8, 4) is 34.5 Å². The Kier molecular flexibility index (Phi) is 8.86. The van der Waals surface area contributed by atoms with Crippen LogP contribution in [0.1, 0.15) is 17.5 Å². The molecule has 3 atom stereocenters. The number of benzene rings is 2. The summed E-state index contributed by atoms with van der Waals surface area (Å²) in [5.41, 5.74) is 1.20. The standard InChI is InChI=1S/C25H30O11/c1-31-16-5-13(6-17(32-2)22(16)26)11-35-20-9-15(25(29)30)10-21(24(20)28)36-12-14-7-18(33-3)23(27)19(8-14)34-4/h5-9,20-21,24,26-28H,10-12H2,1-4H3,(H,29,30)/t20-,21-,24-/m1/s1. The highest BCUT2D eigenvalue weighted by Crippen LogP contribution is 2.39. The van der Waals surface area contributed by atoms with Crippen LogP contribution in [0.25, 0.3) is 0 Å². The maximum atomic E-state index is 11.7. The molecule has 196 valence electrons. The Balaban J connectivity index is 1.76. The molecule has 0 spiro atoms. The summed E-state index contributed by atoms with van der Waals surface area (Å²) in [5, 5.41) is 40.7. The third kappa shape index (κ3) is 5.93. The van der Waals surface area contributed by atoms with E-state index in [2.05, 4.69) is 0 Å². The molecule has 11 nitrogen and oxygen atoms in total. The number of rotatable bonds is 11. The first-order chi connectivity index (χ1) is 17.2. The van der Waals surface area contributed by atoms with E-state index in [1.165, 1.54) is 34.5 Å². The lowest BCUT2D eigenvalue weighted by molar-refractivity contribution is -0.137. The van der Waals surface area contributed by atoms with Crippen LogP contribution in [0.15, 0.2) is 35.9 Å². The second-order valence-corrected chi connectivity index (χ2v) is 8.01. The number of ether oxygens (including phenoxy) is 6. The van der Waals surface area contributed by atoms with Gasteiger partial charge >= 0.3 is 5.97 Å². The van der Waals surface area contributed by atoms with Crippen molar-refractivity contribution in [2.45, 2.75) is 37.9 Å². The molecule has 0 bridgehead atoms. The zero-order valence-electron chi connectivity index (χ0n) is 20.4. The zero-order chi connectivity index (χ0) is 26.4. The van der Waals surface area contributed by atoms with E-state index in [1.807, 2.05) is 0 Å². The molecule has 1 aliphatic carbocycles. The molecule has 1 aliphatic rings. The maximum Gasteiger partial charge on any atom is 0.331 e. The van der Waals surface area contributed by atoms with Gasteiger partial charge in [-0.25, -0.2) is 4.79 Å². The summed E-state index contributed by atoms with van der Waals surface area (Å²) < 4.78 is 32.3. The Morgan fingerprint density at radius 3 is 1.61 bits per heavy atom. The van der Waals surface area contributed by atoms with Crippen LogP contribution >= 0.6 is 0 Å². The van der Waals surface area contributed by atoms with Gasteiger partial charge in [-0.05, 0) is 41.5 Å². The number of phenolic OH excluding ortho intramolecular Hbond substituents is 2. The first-order valence-electron chi connectivity index (χ1n) is 10.9. The highest BCUT2D eigenvalue weighted by molar-refractivity contribution is 5.87. The summed E-state index contributed by atoms with van der Waals surface area (Å²) in [6.07, 6.45) is -1.72. The van der Waals surface area contributed by atoms with Crippen molar-refractivity contribution in [1.29, 1.82) is 0 Å². The van der Waals surface area contributed by atoms with E-state index in [9.17, 15) is 25.2 Å². The number of aliphatic hydroxyl groups excluding tert-OH is 1. The van der Waals surface area contributed by atoms with E-state index in [0.717, 1.165) is 0 Å². The summed E-state index contributed by atoms with van der Waals surface area (Å²) in [6, 6.07) is 6.21. The number of methoxy groups -OCH3 is 4. The van der Waals surface area contributed by atoms with Crippen molar-refractivity contribution in [2.24, 2.45) is 0 Å². The van der Waals surface area contributed by atoms with E-state index in [4.69, 9.17) is 28.4 Å². The van der Waals surface area contributed by atoms with Crippen LogP contribution in [0.4, 0.5) is 0 Å². The first kappa shape index (κ1) is 26.9. The summed E-state index contributed by atoms with van der Waals surface area (Å²) in [5.74, 6) is -0.739. The number of hydrogen-bond acceptors (Lipinski definition) is 10. The van der Waals surface area contributed by atoms with Crippen molar-refractivity contribution in [1.82, 2.24) is 0 Å². The summed E-state index contributed by atoms with van der Waals surface area (Å²) in [6.45, 7) is -0.0437. The molecule has 0 saturated carbocycles. The topological polar surface area (TPSA) is 153 Å². The van der Waals surface area contributed by atoms with Gasteiger partial charge in [0.05, 0.1) is 47.8 Å². The molecular formula is C25H30O11. The first-order valence-corrected chi connectivity index (χ1v) is 10.9. The minimum absolute atomic E-state index is 0.0132. The quantitative estimate of drug-likeness (QED) is 0.355. The van der Waals surface area contributed by atoms with Gasteiger partial charge < -0.3 is 48.8 Å². The molecule has 0 fully saturated rings. The Labute approximate surface area is 208 Å². The third-order valence-corrected chi connectivity index (χ3v) is 5.76. The summed E-state index contributed by atoms with van der Waals surface area (Å²) in [4.78, 5) is 11.7. The van der Waals surface area contributed by atoms with Gasteiger partial charge in [-0.3, -0.25) is 0 Å². The Bertz CT molecular complexity index is 1060. The van der Waals surface area contributed by atoms with Crippen molar-refractivity contribution in [2.75, 3.05) is 28.4 Å². The number of aromatic hydroxyl groups is 2. The predicted octanol–water partition coefficient (Wildman–Crippen LogP) is 2.38. The molecule has 11 heteroatoms. The predicted molar refractivity (Wildman–Crippen MR) is 126 cm³/mol. The van der Waals surface area contributed by atoms with Crippen molar-refractivity contribution in [3.63, 3.8) is 0 Å². The normalized spacial score (nSPS) is 19.4. The Morgan fingerprint density at radius 1 is 0.806 bits per heavy atom. The average Bonchev–Trinajstić information content (AvgIpc) is 2.88. The number of carboxylic acids is 1.